The molecular weight excluding hydrogens is 164 g/mol. The normalized spacial score (nSPS) is 28.1. The summed E-state index contributed by atoms with van der Waals surface area (Å²) < 4.78 is 34.0. The monoisotopic (exact) mass is 186 g/mol. The standard InChI is InChI=1S/C11H18O2/c1-3-9-5-7-10(8-6-9)11(12)13-4-2/h3,10H,4-8H2,1-2H3/i1D3,3D. The third-order valence-corrected chi connectivity index (χ3v) is 2.39. The minimum Gasteiger partial charge on any atom is -0.466 e. The lowest BCUT2D eigenvalue weighted by molar-refractivity contribution is -0.148. The Balaban J connectivity index is 2.60. The quantitative estimate of drug-likeness (QED) is 0.489. The molecule has 13 heavy (non-hydrogen) atoms. The highest BCUT2D eigenvalue weighted by Crippen LogP contribution is 2.28. The number of esters is 1. The zero-order chi connectivity index (χ0) is 13.1. The van der Waals surface area contributed by atoms with Crippen molar-refractivity contribution in [3.05, 3.63) is 11.6 Å². The summed E-state index contributed by atoms with van der Waals surface area (Å²) in [6, 6.07) is -0.250. The van der Waals surface area contributed by atoms with E-state index < -0.39 is 6.85 Å². The van der Waals surface area contributed by atoms with Crippen molar-refractivity contribution in [1.29, 1.82) is 0 Å². The average molecular weight is 186 g/mol. The van der Waals surface area contributed by atoms with Crippen molar-refractivity contribution in [2.24, 2.45) is 5.92 Å². The Hall–Kier alpha value is -0.790. The van der Waals surface area contributed by atoms with Gasteiger partial charge in [-0.05, 0) is 39.5 Å². The van der Waals surface area contributed by atoms with Gasteiger partial charge in [0.15, 0.2) is 0 Å². The lowest BCUT2D eigenvalue weighted by Crippen LogP contribution is -2.20. The molecular formula is C11H18O2. The van der Waals surface area contributed by atoms with E-state index in [1.807, 2.05) is 0 Å². The predicted molar refractivity (Wildman–Crippen MR) is 52.3 cm³/mol. The molecule has 0 bridgehead atoms. The first-order valence-corrected chi connectivity index (χ1v) is 4.72. The number of rotatable bonds is 2. The van der Waals surface area contributed by atoms with Gasteiger partial charge in [0, 0.05) is 4.11 Å². The molecule has 0 atom stereocenters. The molecule has 0 N–H and O–H groups in total. The topological polar surface area (TPSA) is 26.3 Å². The van der Waals surface area contributed by atoms with Gasteiger partial charge in [-0.25, -0.2) is 0 Å². The second-order valence-corrected chi connectivity index (χ2v) is 3.25. The van der Waals surface area contributed by atoms with E-state index in [1.54, 1.807) is 6.92 Å². The van der Waals surface area contributed by atoms with Crippen molar-refractivity contribution >= 4 is 5.97 Å². The summed E-state index contributed by atoms with van der Waals surface area (Å²) in [6.07, 6.45) is 2.21. The summed E-state index contributed by atoms with van der Waals surface area (Å²) in [5, 5.41) is 0. The van der Waals surface area contributed by atoms with Gasteiger partial charge in [-0.1, -0.05) is 11.6 Å². The van der Waals surface area contributed by atoms with Gasteiger partial charge in [0.05, 0.1) is 13.9 Å². The van der Waals surface area contributed by atoms with Crippen molar-refractivity contribution < 1.29 is 15.0 Å². The van der Waals surface area contributed by atoms with Gasteiger partial charge in [0.2, 0.25) is 0 Å². The third kappa shape index (κ3) is 2.87. The Morgan fingerprint density at radius 2 is 2.46 bits per heavy atom. The van der Waals surface area contributed by atoms with Crippen LogP contribution in [0, 0.1) is 5.92 Å². The maximum atomic E-state index is 11.5. The van der Waals surface area contributed by atoms with Gasteiger partial charge in [-0.2, -0.15) is 0 Å². The molecule has 0 amide bonds. The number of ether oxygens (including phenoxy) is 1. The van der Waals surface area contributed by atoms with Crippen LogP contribution in [0.4, 0.5) is 0 Å². The first-order valence-electron chi connectivity index (χ1n) is 6.72. The Morgan fingerprint density at radius 3 is 3.00 bits per heavy atom. The van der Waals surface area contributed by atoms with E-state index in [1.165, 1.54) is 0 Å². The van der Waals surface area contributed by atoms with Crippen LogP contribution in [0.5, 0.6) is 0 Å². The van der Waals surface area contributed by atoms with Crippen LogP contribution in [-0.4, -0.2) is 12.6 Å². The maximum Gasteiger partial charge on any atom is 0.308 e. The fourth-order valence-electron chi connectivity index (χ4n) is 1.59. The molecule has 0 spiro atoms. The van der Waals surface area contributed by atoms with Crippen LogP contribution >= 0.6 is 0 Å². The second kappa shape index (κ2) is 5.05. The van der Waals surface area contributed by atoms with Crippen LogP contribution in [0.1, 0.15) is 44.9 Å². The van der Waals surface area contributed by atoms with Crippen LogP contribution in [0.2, 0.25) is 0 Å². The number of hydrogen-bond donors (Lipinski definition) is 0. The van der Waals surface area contributed by atoms with Crippen LogP contribution in [-0.2, 0) is 9.53 Å². The molecule has 1 saturated carbocycles. The van der Waals surface area contributed by atoms with E-state index in [9.17, 15) is 4.79 Å². The van der Waals surface area contributed by atoms with Gasteiger partial charge in [0.25, 0.3) is 0 Å². The molecule has 1 fully saturated rings. The van der Waals surface area contributed by atoms with Crippen LogP contribution in [0.25, 0.3) is 0 Å². The molecule has 0 aliphatic heterocycles. The second-order valence-electron chi connectivity index (χ2n) is 3.25. The van der Waals surface area contributed by atoms with Crippen molar-refractivity contribution in [3.63, 3.8) is 0 Å². The summed E-state index contributed by atoms with van der Waals surface area (Å²) in [5.74, 6) is -0.338. The molecule has 74 valence electrons. The largest absolute Gasteiger partial charge is 0.466 e. The van der Waals surface area contributed by atoms with Gasteiger partial charge < -0.3 is 4.74 Å². The smallest absolute Gasteiger partial charge is 0.308 e. The highest BCUT2D eigenvalue weighted by atomic mass is 16.5. The Kier molecular flexibility index (Phi) is 2.27. The summed E-state index contributed by atoms with van der Waals surface area (Å²) in [6.45, 7) is -0.189. The zero-order valence-corrected chi connectivity index (χ0v) is 7.93. The first-order chi connectivity index (χ1) is 7.86. The molecule has 0 unspecified atom stereocenters. The molecule has 1 aliphatic rings. The Labute approximate surface area is 85.6 Å². The van der Waals surface area contributed by atoms with E-state index in [2.05, 4.69) is 0 Å². The van der Waals surface area contributed by atoms with Crippen LogP contribution < -0.4 is 0 Å². The van der Waals surface area contributed by atoms with E-state index in [4.69, 9.17) is 10.2 Å². The minimum atomic E-state index is -2.33. The summed E-state index contributed by atoms with van der Waals surface area (Å²) in [4.78, 5) is 11.5. The summed E-state index contributed by atoms with van der Waals surface area (Å²) >= 11 is 0. The van der Waals surface area contributed by atoms with E-state index in [0.717, 1.165) is 0 Å². The van der Waals surface area contributed by atoms with Gasteiger partial charge in [0.1, 0.15) is 0 Å². The molecule has 0 saturated heterocycles. The molecule has 0 aromatic heterocycles. The predicted octanol–water partition coefficient (Wildman–Crippen LogP) is 2.69. The number of carbonyl (C=O) groups is 1. The lowest BCUT2D eigenvalue weighted by atomic mass is 9.86. The number of hydrogen-bond acceptors (Lipinski definition) is 2. The van der Waals surface area contributed by atoms with E-state index in [0.29, 0.717) is 37.9 Å². The molecule has 1 aliphatic carbocycles. The Bertz CT molecular complexity index is 310. The first kappa shape index (κ1) is 5.84. The summed E-state index contributed by atoms with van der Waals surface area (Å²) in [7, 11) is 0. The number of allylic oxidation sites excluding steroid dienone is 2. The highest BCUT2D eigenvalue weighted by molar-refractivity contribution is 5.72. The molecule has 2 nitrogen and oxygen atoms in total. The molecule has 0 heterocycles. The molecule has 1 rings (SSSR count). The van der Waals surface area contributed by atoms with E-state index in [-0.39, 0.29) is 17.9 Å². The van der Waals surface area contributed by atoms with Gasteiger partial charge in [-0.3, -0.25) is 4.79 Å². The maximum absolute atomic E-state index is 11.5. The molecule has 2 heteroatoms. The lowest BCUT2D eigenvalue weighted by Gasteiger charge is -2.21. The third-order valence-electron chi connectivity index (χ3n) is 2.39. The van der Waals surface area contributed by atoms with Crippen molar-refractivity contribution in [3.8, 4) is 0 Å². The fourth-order valence-corrected chi connectivity index (χ4v) is 1.59. The fraction of sp³-hybridized carbons (Fsp3) is 0.727. The summed E-state index contributed by atoms with van der Waals surface area (Å²) in [5.41, 5.74) is 0.658. The van der Waals surface area contributed by atoms with Crippen molar-refractivity contribution in [1.82, 2.24) is 0 Å². The van der Waals surface area contributed by atoms with Crippen LogP contribution in [0.15, 0.2) is 11.6 Å². The zero-order valence-electron chi connectivity index (χ0n) is 11.9. The molecule has 0 aromatic carbocycles. The van der Waals surface area contributed by atoms with Crippen molar-refractivity contribution in [2.45, 2.75) is 39.5 Å². The van der Waals surface area contributed by atoms with Crippen LogP contribution in [0.3, 0.4) is 0 Å². The highest BCUT2D eigenvalue weighted by Gasteiger charge is 2.23. The molecule has 0 aromatic rings. The van der Waals surface area contributed by atoms with E-state index >= 15 is 0 Å². The number of carbonyl (C=O) groups excluding carboxylic acids is 1. The van der Waals surface area contributed by atoms with Crippen molar-refractivity contribution in [2.75, 3.05) is 6.61 Å². The SMILES string of the molecule is [2H]C(=C1CCC(C(=O)OCC)CC1)C([2H])([2H])[2H]. The van der Waals surface area contributed by atoms with Gasteiger partial charge >= 0.3 is 5.97 Å². The average Bonchev–Trinajstić information content (AvgIpc) is 2.27. The Morgan fingerprint density at radius 1 is 1.77 bits per heavy atom. The minimum absolute atomic E-state index is 0.136. The molecule has 0 radical (unpaired) electrons. The van der Waals surface area contributed by atoms with Gasteiger partial charge in [-0.15, -0.1) is 0 Å².